The first-order chi connectivity index (χ1) is 10.1. The SMILES string of the molecule is CC[C@@]1(c2cccc(O)c2)O[C@]1(CC)c1cccc(O)c1. The van der Waals surface area contributed by atoms with Crippen LogP contribution in [0.2, 0.25) is 0 Å². The molecule has 110 valence electrons. The molecular weight excluding hydrogens is 264 g/mol. The van der Waals surface area contributed by atoms with Crippen molar-refractivity contribution in [3.8, 4) is 11.5 Å². The van der Waals surface area contributed by atoms with Crippen molar-refractivity contribution in [1.82, 2.24) is 0 Å². The van der Waals surface area contributed by atoms with Gasteiger partial charge in [-0.3, -0.25) is 0 Å². The molecule has 1 aliphatic heterocycles. The lowest BCUT2D eigenvalue weighted by atomic mass is 9.78. The van der Waals surface area contributed by atoms with Crippen LogP contribution >= 0.6 is 0 Å². The lowest BCUT2D eigenvalue weighted by molar-refractivity contribution is 0.255. The summed E-state index contributed by atoms with van der Waals surface area (Å²) in [6, 6.07) is 14.5. The zero-order valence-electron chi connectivity index (χ0n) is 12.3. The Kier molecular flexibility index (Phi) is 3.18. The minimum absolute atomic E-state index is 0.247. The molecule has 1 heterocycles. The van der Waals surface area contributed by atoms with Crippen molar-refractivity contribution >= 4 is 0 Å². The summed E-state index contributed by atoms with van der Waals surface area (Å²) in [5.41, 5.74) is 1.09. The fraction of sp³-hybridized carbons (Fsp3) is 0.333. The molecule has 1 aliphatic rings. The molecule has 0 spiro atoms. The summed E-state index contributed by atoms with van der Waals surface area (Å²) < 4.78 is 6.25. The van der Waals surface area contributed by atoms with E-state index >= 15 is 0 Å². The van der Waals surface area contributed by atoms with Gasteiger partial charge in [0.05, 0.1) is 0 Å². The first-order valence-electron chi connectivity index (χ1n) is 7.37. The fourth-order valence-corrected chi connectivity index (χ4v) is 3.49. The topological polar surface area (TPSA) is 53.0 Å². The third-order valence-electron chi connectivity index (χ3n) is 4.58. The molecule has 2 atom stereocenters. The van der Waals surface area contributed by atoms with Gasteiger partial charge in [0.25, 0.3) is 0 Å². The van der Waals surface area contributed by atoms with Crippen LogP contribution in [0.3, 0.4) is 0 Å². The highest BCUT2D eigenvalue weighted by Crippen LogP contribution is 2.66. The number of phenolic OH excluding ortho intramolecular Hbond substituents is 2. The minimum atomic E-state index is -0.436. The molecule has 0 aliphatic carbocycles. The summed E-state index contributed by atoms with van der Waals surface area (Å²) in [7, 11) is 0. The summed E-state index contributed by atoms with van der Waals surface area (Å²) >= 11 is 0. The highest BCUT2D eigenvalue weighted by molar-refractivity contribution is 5.45. The number of hydrogen-bond acceptors (Lipinski definition) is 3. The third-order valence-corrected chi connectivity index (χ3v) is 4.58. The molecule has 2 aromatic carbocycles. The molecule has 0 radical (unpaired) electrons. The molecule has 1 fully saturated rings. The van der Waals surface area contributed by atoms with Gasteiger partial charge in [-0.25, -0.2) is 0 Å². The zero-order chi connectivity index (χ0) is 15.1. The number of rotatable bonds is 4. The summed E-state index contributed by atoms with van der Waals surface area (Å²) in [6.07, 6.45) is 1.61. The van der Waals surface area contributed by atoms with Crippen LogP contribution < -0.4 is 0 Å². The van der Waals surface area contributed by atoms with Gasteiger partial charge in [-0.1, -0.05) is 38.1 Å². The number of benzene rings is 2. The molecule has 0 bridgehead atoms. The van der Waals surface area contributed by atoms with Gasteiger partial charge >= 0.3 is 0 Å². The maximum absolute atomic E-state index is 9.76. The van der Waals surface area contributed by atoms with Crippen LogP contribution in [0.4, 0.5) is 0 Å². The van der Waals surface area contributed by atoms with Crippen LogP contribution in [0, 0.1) is 0 Å². The van der Waals surface area contributed by atoms with Crippen molar-refractivity contribution in [2.75, 3.05) is 0 Å². The van der Waals surface area contributed by atoms with Gasteiger partial charge in [0.2, 0.25) is 0 Å². The summed E-state index contributed by atoms with van der Waals surface area (Å²) in [4.78, 5) is 0. The Labute approximate surface area is 124 Å². The molecule has 2 N–H and O–H groups in total. The quantitative estimate of drug-likeness (QED) is 0.833. The molecule has 2 aromatic rings. The summed E-state index contributed by atoms with van der Waals surface area (Å²) in [5, 5.41) is 19.5. The lowest BCUT2D eigenvalue weighted by Gasteiger charge is -2.19. The van der Waals surface area contributed by atoms with Crippen LogP contribution in [-0.2, 0) is 15.9 Å². The Morgan fingerprint density at radius 1 is 0.810 bits per heavy atom. The first-order valence-corrected chi connectivity index (χ1v) is 7.37. The van der Waals surface area contributed by atoms with Crippen LogP contribution in [0.15, 0.2) is 48.5 Å². The van der Waals surface area contributed by atoms with E-state index in [1.165, 1.54) is 0 Å². The molecule has 1 saturated heterocycles. The second-order valence-electron chi connectivity index (χ2n) is 5.56. The van der Waals surface area contributed by atoms with Crippen molar-refractivity contribution in [3.63, 3.8) is 0 Å². The molecule has 0 unspecified atom stereocenters. The number of ether oxygens (including phenoxy) is 1. The number of aromatic hydroxyl groups is 2. The molecule has 3 nitrogen and oxygen atoms in total. The van der Waals surface area contributed by atoms with E-state index in [4.69, 9.17) is 4.74 Å². The predicted octanol–water partition coefficient (Wildman–Crippen LogP) is 4.04. The van der Waals surface area contributed by atoms with Crippen molar-refractivity contribution in [3.05, 3.63) is 59.7 Å². The van der Waals surface area contributed by atoms with E-state index in [0.717, 1.165) is 24.0 Å². The maximum Gasteiger partial charge on any atom is 0.127 e. The van der Waals surface area contributed by atoms with Crippen molar-refractivity contribution < 1.29 is 14.9 Å². The van der Waals surface area contributed by atoms with Crippen LogP contribution in [-0.4, -0.2) is 10.2 Å². The highest BCUT2D eigenvalue weighted by Gasteiger charge is 2.69. The van der Waals surface area contributed by atoms with Gasteiger partial charge < -0.3 is 14.9 Å². The Morgan fingerprint density at radius 2 is 1.24 bits per heavy atom. The molecule has 3 rings (SSSR count). The minimum Gasteiger partial charge on any atom is -0.508 e. The fourth-order valence-electron chi connectivity index (χ4n) is 3.49. The average molecular weight is 284 g/mol. The van der Waals surface area contributed by atoms with Gasteiger partial charge in [0, 0.05) is 0 Å². The summed E-state index contributed by atoms with van der Waals surface area (Å²) in [5.74, 6) is 0.494. The van der Waals surface area contributed by atoms with Gasteiger partial charge in [0.15, 0.2) is 0 Å². The Balaban J connectivity index is 2.10. The number of phenols is 2. The van der Waals surface area contributed by atoms with Crippen molar-refractivity contribution in [1.29, 1.82) is 0 Å². The molecule has 21 heavy (non-hydrogen) atoms. The normalized spacial score (nSPS) is 27.5. The summed E-state index contributed by atoms with van der Waals surface area (Å²) in [6.45, 7) is 4.18. The van der Waals surface area contributed by atoms with Crippen LogP contribution in [0.25, 0.3) is 0 Å². The third kappa shape index (κ3) is 1.92. The maximum atomic E-state index is 9.76. The van der Waals surface area contributed by atoms with Crippen molar-refractivity contribution in [2.24, 2.45) is 0 Å². The Morgan fingerprint density at radius 3 is 1.57 bits per heavy atom. The largest absolute Gasteiger partial charge is 0.508 e. The Bertz CT molecular complexity index is 610. The number of hydrogen-bond donors (Lipinski definition) is 2. The molecule has 0 saturated carbocycles. The van der Waals surface area contributed by atoms with E-state index in [1.54, 1.807) is 24.3 Å². The number of epoxide rings is 1. The second kappa shape index (κ2) is 4.78. The van der Waals surface area contributed by atoms with Gasteiger partial charge in [-0.15, -0.1) is 0 Å². The highest BCUT2D eigenvalue weighted by atomic mass is 16.6. The van der Waals surface area contributed by atoms with E-state index in [9.17, 15) is 10.2 Å². The van der Waals surface area contributed by atoms with E-state index < -0.39 is 11.2 Å². The lowest BCUT2D eigenvalue weighted by Crippen LogP contribution is -2.21. The van der Waals surface area contributed by atoms with E-state index in [1.807, 2.05) is 24.3 Å². The molecule has 3 heteroatoms. The van der Waals surface area contributed by atoms with Gasteiger partial charge in [0.1, 0.15) is 22.7 Å². The van der Waals surface area contributed by atoms with Crippen LogP contribution in [0.5, 0.6) is 11.5 Å². The van der Waals surface area contributed by atoms with E-state index in [0.29, 0.717) is 0 Å². The van der Waals surface area contributed by atoms with Gasteiger partial charge in [-0.05, 0) is 48.2 Å². The second-order valence-corrected chi connectivity index (χ2v) is 5.56. The Hall–Kier alpha value is -2.00. The van der Waals surface area contributed by atoms with Gasteiger partial charge in [-0.2, -0.15) is 0 Å². The average Bonchev–Trinajstić information content (AvgIpc) is 3.18. The predicted molar refractivity (Wildman–Crippen MR) is 81.2 cm³/mol. The monoisotopic (exact) mass is 284 g/mol. The first kappa shape index (κ1) is 14.0. The standard InChI is InChI=1S/C18H20O3/c1-3-17(13-7-5-9-15(19)11-13)18(4-2,21-17)14-8-6-10-16(20)12-14/h5-12,19-20H,3-4H2,1-2H3/t17-,18+. The molecule has 0 amide bonds. The van der Waals surface area contributed by atoms with Crippen molar-refractivity contribution in [2.45, 2.75) is 37.9 Å². The zero-order valence-corrected chi connectivity index (χ0v) is 12.3. The van der Waals surface area contributed by atoms with Crippen LogP contribution in [0.1, 0.15) is 37.8 Å². The van der Waals surface area contributed by atoms with E-state index in [2.05, 4.69) is 13.8 Å². The molecule has 0 aromatic heterocycles. The van der Waals surface area contributed by atoms with E-state index in [-0.39, 0.29) is 11.5 Å². The smallest absolute Gasteiger partial charge is 0.127 e. The molecular formula is C18H20O3.